The Bertz CT molecular complexity index is 1510. The van der Waals surface area contributed by atoms with E-state index >= 15 is 0 Å². The molecule has 0 bridgehead atoms. The van der Waals surface area contributed by atoms with Crippen molar-refractivity contribution in [2.24, 2.45) is 0 Å². The number of carbonyl (C=O) groups is 2. The zero-order chi connectivity index (χ0) is 29.5. The predicted molar refractivity (Wildman–Crippen MR) is 160 cm³/mol. The molecule has 2 aromatic carbocycles. The average molecular weight is 609 g/mol. The predicted octanol–water partition coefficient (Wildman–Crippen LogP) is 5.29. The third-order valence-electron chi connectivity index (χ3n) is 7.31. The quantitative estimate of drug-likeness (QED) is 0.246. The van der Waals surface area contributed by atoms with Crippen molar-refractivity contribution in [2.45, 2.75) is 57.3 Å². The van der Waals surface area contributed by atoms with E-state index in [9.17, 15) is 9.59 Å². The Morgan fingerprint density at radius 2 is 1.86 bits per heavy atom. The molecule has 1 N–H and O–H groups in total. The van der Waals surface area contributed by atoms with Crippen molar-refractivity contribution in [3.8, 4) is 22.9 Å². The van der Waals surface area contributed by atoms with Gasteiger partial charge in [-0.05, 0) is 59.3 Å². The summed E-state index contributed by atoms with van der Waals surface area (Å²) in [6.45, 7) is -0.0836. The van der Waals surface area contributed by atoms with Gasteiger partial charge in [-0.3, -0.25) is 9.59 Å². The molecule has 1 aliphatic carbocycles. The summed E-state index contributed by atoms with van der Waals surface area (Å²) in [6.07, 6.45) is 5.20. The van der Waals surface area contributed by atoms with E-state index in [1.54, 1.807) is 43.4 Å². The molecule has 2 amide bonds. The summed E-state index contributed by atoms with van der Waals surface area (Å²) < 4.78 is 10.7. The Labute approximate surface area is 253 Å². The maximum absolute atomic E-state index is 14.0. The first-order valence-corrected chi connectivity index (χ1v) is 15.1. The van der Waals surface area contributed by atoms with E-state index in [0.29, 0.717) is 27.9 Å². The van der Waals surface area contributed by atoms with Crippen molar-refractivity contribution in [3.63, 3.8) is 0 Å². The van der Waals surface area contributed by atoms with Crippen molar-refractivity contribution >= 4 is 34.8 Å². The standard InChI is InChI=1S/C30H33ClN6O4S/c1-40-24-15-14-20(17-25(24)41-2)29-33-35-37(34-29)19-27(38)36(18-21-9-6-7-12-23(21)31)28(26-13-8-16-42-26)30(39)32-22-10-4-3-5-11-22/h6-9,12-17,22,28H,3-5,10-11,18-19H2,1-2H3,(H,32,39). The second kappa shape index (κ2) is 13.8. The molecule has 2 heterocycles. The molecule has 1 unspecified atom stereocenters. The number of rotatable bonds is 11. The molecule has 1 atom stereocenters. The van der Waals surface area contributed by atoms with Crippen molar-refractivity contribution in [2.75, 3.05) is 14.2 Å². The second-order valence-electron chi connectivity index (χ2n) is 10.1. The number of aromatic nitrogens is 4. The number of thiophene rings is 1. The number of hydrogen-bond acceptors (Lipinski definition) is 8. The van der Waals surface area contributed by atoms with E-state index in [2.05, 4.69) is 20.7 Å². The lowest BCUT2D eigenvalue weighted by Gasteiger charge is -2.32. The summed E-state index contributed by atoms with van der Waals surface area (Å²) in [7, 11) is 3.11. The van der Waals surface area contributed by atoms with Gasteiger partial charge in [-0.15, -0.1) is 21.5 Å². The Morgan fingerprint density at radius 1 is 1.07 bits per heavy atom. The normalized spacial score (nSPS) is 14.3. The molecule has 0 aliphatic heterocycles. The monoisotopic (exact) mass is 608 g/mol. The van der Waals surface area contributed by atoms with Crippen molar-refractivity contribution in [1.82, 2.24) is 30.4 Å². The summed E-state index contributed by atoms with van der Waals surface area (Å²) in [5.74, 6) is 0.873. The van der Waals surface area contributed by atoms with E-state index in [0.717, 1.165) is 36.1 Å². The fourth-order valence-corrected chi connectivity index (χ4v) is 6.17. The van der Waals surface area contributed by atoms with Crippen LogP contribution in [0.5, 0.6) is 11.5 Å². The molecule has 0 radical (unpaired) electrons. The van der Waals surface area contributed by atoms with Gasteiger partial charge in [0.05, 0.1) is 14.2 Å². The molecule has 1 fully saturated rings. The lowest BCUT2D eigenvalue weighted by atomic mass is 9.95. The first kappa shape index (κ1) is 29.5. The first-order valence-electron chi connectivity index (χ1n) is 13.8. The molecule has 2 aromatic heterocycles. The Morgan fingerprint density at radius 3 is 2.57 bits per heavy atom. The molecule has 220 valence electrons. The largest absolute Gasteiger partial charge is 0.493 e. The molecule has 4 aromatic rings. The van der Waals surface area contributed by atoms with Gasteiger partial charge in [-0.1, -0.05) is 55.1 Å². The van der Waals surface area contributed by atoms with Gasteiger partial charge >= 0.3 is 0 Å². The van der Waals surface area contributed by atoms with Gasteiger partial charge in [-0.25, -0.2) is 0 Å². The Balaban J connectivity index is 1.43. The van der Waals surface area contributed by atoms with Gasteiger partial charge in [0, 0.05) is 28.0 Å². The molecule has 42 heavy (non-hydrogen) atoms. The number of halogens is 1. The molecule has 0 spiro atoms. The number of carbonyl (C=O) groups excluding carboxylic acids is 2. The van der Waals surface area contributed by atoms with Crippen LogP contribution in [0.4, 0.5) is 0 Å². The zero-order valence-electron chi connectivity index (χ0n) is 23.5. The van der Waals surface area contributed by atoms with Crippen LogP contribution in [0.2, 0.25) is 5.02 Å². The Hall–Kier alpha value is -3.96. The number of nitrogens with zero attached hydrogens (tertiary/aromatic N) is 5. The molecule has 1 aliphatic rings. The van der Waals surface area contributed by atoms with Crippen LogP contribution in [0.25, 0.3) is 11.4 Å². The molecule has 10 nitrogen and oxygen atoms in total. The lowest BCUT2D eigenvalue weighted by Crippen LogP contribution is -2.47. The maximum Gasteiger partial charge on any atom is 0.248 e. The van der Waals surface area contributed by atoms with Crippen LogP contribution >= 0.6 is 22.9 Å². The van der Waals surface area contributed by atoms with Crippen molar-refractivity contribution < 1.29 is 19.1 Å². The van der Waals surface area contributed by atoms with Gasteiger partial charge in [-0.2, -0.15) is 4.80 Å². The molecular formula is C30H33ClN6O4S. The Kier molecular flexibility index (Phi) is 9.70. The third-order valence-corrected chi connectivity index (χ3v) is 8.61. The van der Waals surface area contributed by atoms with E-state index in [1.165, 1.54) is 22.6 Å². The van der Waals surface area contributed by atoms with E-state index in [1.807, 2.05) is 35.7 Å². The molecular weight excluding hydrogens is 576 g/mol. The SMILES string of the molecule is COc1ccc(-c2nnn(CC(=O)N(Cc3ccccc3Cl)C(C(=O)NC3CCCCC3)c3cccs3)n2)cc1OC. The summed E-state index contributed by atoms with van der Waals surface area (Å²) >= 11 is 7.96. The van der Waals surface area contributed by atoms with Crippen molar-refractivity contribution in [3.05, 3.63) is 75.4 Å². The van der Waals surface area contributed by atoms with Crippen LogP contribution in [0.3, 0.4) is 0 Å². The minimum Gasteiger partial charge on any atom is -0.493 e. The van der Waals surface area contributed by atoms with Crippen LogP contribution in [-0.2, 0) is 22.7 Å². The topological polar surface area (TPSA) is 111 Å². The van der Waals surface area contributed by atoms with Gasteiger partial charge in [0.25, 0.3) is 0 Å². The number of methoxy groups -OCH3 is 2. The summed E-state index contributed by atoms with van der Waals surface area (Å²) in [5.41, 5.74) is 1.39. The van der Waals surface area contributed by atoms with Crippen LogP contribution in [0.15, 0.2) is 60.0 Å². The summed E-state index contributed by atoms with van der Waals surface area (Å²) in [5, 5.41) is 18.4. The number of ether oxygens (including phenoxy) is 2. The summed E-state index contributed by atoms with van der Waals surface area (Å²) in [6, 6.07) is 15.6. The van der Waals surface area contributed by atoms with Crippen LogP contribution in [0, 0.1) is 0 Å². The summed E-state index contributed by atoms with van der Waals surface area (Å²) in [4.78, 5) is 31.5. The number of hydrogen-bond donors (Lipinski definition) is 1. The van der Waals surface area contributed by atoms with E-state index in [4.69, 9.17) is 21.1 Å². The third kappa shape index (κ3) is 6.91. The maximum atomic E-state index is 14.0. The number of nitrogens with one attached hydrogen (secondary N) is 1. The van der Waals surface area contributed by atoms with Crippen LogP contribution < -0.4 is 14.8 Å². The molecule has 5 rings (SSSR count). The smallest absolute Gasteiger partial charge is 0.248 e. The first-order chi connectivity index (χ1) is 20.5. The van der Waals surface area contributed by atoms with Gasteiger partial charge < -0.3 is 19.7 Å². The number of amides is 2. The average Bonchev–Trinajstić information content (AvgIpc) is 3.71. The number of benzene rings is 2. The highest BCUT2D eigenvalue weighted by atomic mass is 35.5. The highest BCUT2D eigenvalue weighted by Crippen LogP contribution is 2.32. The van der Waals surface area contributed by atoms with Crippen LogP contribution in [0.1, 0.15) is 48.6 Å². The van der Waals surface area contributed by atoms with Gasteiger partial charge in [0.1, 0.15) is 12.6 Å². The fourth-order valence-electron chi connectivity index (χ4n) is 5.14. The van der Waals surface area contributed by atoms with E-state index < -0.39 is 6.04 Å². The molecule has 1 saturated carbocycles. The van der Waals surface area contributed by atoms with Crippen molar-refractivity contribution in [1.29, 1.82) is 0 Å². The molecule has 0 saturated heterocycles. The lowest BCUT2D eigenvalue weighted by molar-refractivity contribution is -0.142. The van der Waals surface area contributed by atoms with Gasteiger partial charge in [0.2, 0.25) is 17.6 Å². The highest BCUT2D eigenvalue weighted by Gasteiger charge is 2.34. The molecule has 12 heteroatoms. The second-order valence-corrected chi connectivity index (χ2v) is 11.5. The minimum atomic E-state index is -0.843. The highest BCUT2D eigenvalue weighted by molar-refractivity contribution is 7.10. The van der Waals surface area contributed by atoms with E-state index in [-0.39, 0.29) is 30.9 Å². The van der Waals surface area contributed by atoms with Gasteiger partial charge in [0.15, 0.2) is 11.5 Å². The minimum absolute atomic E-state index is 0.0898. The van der Waals surface area contributed by atoms with Crippen LogP contribution in [-0.4, -0.2) is 57.2 Å². The zero-order valence-corrected chi connectivity index (χ0v) is 25.1. The fraction of sp³-hybridized carbons (Fsp3) is 0.367. The number of tetrazole rings is 1.